The van der Waals surface area contributed by atoms with Crippen LogP contribution in [0.3, 0.4) is 0 Å². The van der Waals surface area contributed by atoms with Gasteiger partial charge < -0.3 is 10.4 Å². The lowest BCUT2D eigenvalue weighted by Crippen LogP contribution is -2.15. The van der Waals surface area contributed by atoms with Gasteiger partial charge in [-0.1, -0.05) is 39.1 Å². The minimum atomic E-state index is -4.35. The highest BCUT2D eigenvalue weighted by Crippen LogP contribution is 2.37. The first-order valence-electron chi connectivity index (χ1n) is 10.1. The van der Waals surface area contributed by atoms with E-state index >= 15 is 0 Å². The van der Waals surface area contributed by atoms with E-state index in [4.69, 9.17) is 23.2 Å². The summed E-state index contributed by atoms with van der Waals surface area (Å²) in [4.78, 5) is 8.55. The molecule has 0 saturated heterocycles. The van der Waals surface area contributed by atoms with E-state index in [1.54, 1.807) is 26.2 Å². The van der Waals surface area contributed by atoms with Crippen LogP contribution in [0.4, 0.5) is 15.9 Å². The largest absolute Gasteiger partial charge is 0.392 e. The topological polar surface area (TPSA) is 104 Å². The molecule has 4 aromatic rings. The van der Waals surface area contributed by atoms with Crippen molar-refractivity contribution in [1.29, 1.82) is 0 Å². The molecule has 2 aromatic heterocycles. The van der Waals surface area contributed by atoms with Gasteiger partial charge in [0.1, 0.15) is 16.5 Å². The molecule has 0 unspecified atom stereocenters. The van der Waals surface area contributed by atoms with Crippen LogP contribution in [0, 0.1) is 12.7 Å². The van der Waals surface area contributed by atoms with Gasteiger partial charge in [-0.25, -0.2) is 17.8 Å². The monoisotopic (exact) mass is 598 g/mol. The third kappa shape index (κ3) is 5.07. The standard InChI is InChI=1S/C23H18BrCl2FN4O3S/c1-11-15(4-12-9-29-22(28-2)8-19(12)30-11)16-6-20(18(27)7-17(16)24)31-35(33,34)21-5-14(25)3-13(10-32)23(21)26/h3-9,31-32H,10H2,1-2H3,(H,28,29). The average Bonchev–Trinajstić information content (AvgIpc) is 2.81. The lowest BCUT2D eigenvalue weighted by atomic mass is 10.0. The van der Waals surface area contributed by atoms with Crippen molar-refractivity contribution in [3.8, 4) is 11.1 Å². The van der Waals surface area contributed by atoms with Gasteiger partial charge in [0.15, 0.2) is 0 Å². The smallest absolute Gasteiger partial charge is 0.263 e. The normalized spacial score (nSPS) is 11.6. The van der Waals surface area contributed by atoms with Crippen molar-refractivity contribution in [2.45, 2.75) is 18.4 Å². The number of halogens is 4. The number of fused-ring (bicyclic) bond motifs is 1. The number of nitrogens with zero attached hydrogens (tertiary/aromatic N) is 2. The van der Waals surface area contributed by atoms with E-state index in [1.807, 2.05) is 6.07 Å². The molecule has 35 heavy (non-hydrogen) atoms. The summed E-state index contributed by atoms with van der Waals surface area (Å²) < 4.78 is 43.7. The first-order valence-corrected chi connectivity index (χ1v) is 13.1. The van der Waals surface area contributed by atoms with Crippen LogP contribution in [-0.2, 0) is 16.6 Å². The van der Waals surface area contributed by atoms with E-state index in [1.165, 1.54) is 12.1 Å². The highest BCUT2D eigenvalue weighted by Gasteiger charge is 2.24. The highest BCUT2D eigenvalue weighted by atomic mass is 79.9. The van der Waals surface area contributed by atoms with Crippen molar-refractivity contribution in [1.82, 2.24) is 9.97 Å². The average molecular weight is 600 g/mol. The van der Waals surface area contributed by atoms with E-state index in [2.05, 4.69) is 35.9 Å². The second-order valence-corrected chi connectivity index (χ2v) is 10.9. The van der Waals surface area contributed by atoms with Crippen LogP contribution < -0.4 is 10.0 Å². The lowest BCUT2D eigenvalue weighted by Gasteiger charge is -2.15. The van der Waals surface area contributed by atoms with Crippen LogP contribution >= 0.6 is 39.1 Å². The Bertz CT molecular complexity index is 1590. The molecule has 182 valence electrons. The maximum atomic E-state index is 14.9. The number of aliphatic hydroxyl groups is 1. The number of aryl methyl sites for hydroxylation is 1. The fraction of sp³-hybridized carbons (Fsp3) is 0.130. The number of aromatic nitrogens is 2. The molecule has 12 heteroatoms. The molecule has 0 bridgehead atoms. The van der Waals surface area contributed by atoms with Gasteiger partial charge in [-0.2, -0.15) is 0 Å². The first kappa shape index (κ1) is 25.6. The maximum Gasteiger partial charge on any atom is 0.263 e. The zero-order valence-corrected chi connectivity index (χ0v) is 22.2. The molecular weight excluding hydrogens is 582 g/mol. The van der Waals surface area contributed by atoms with Gasteiger partial charge in [-0.3, -0.25) is 9.71 Å². The molecule has 0 fully saturated rings. The second-order valence-electron chi connectivity index (χ2n) is 7.59. The van der Waals surface area contributed by atoms with Gasteiger partial charge in [-0.05, 0) is 48.4 Å². The Morgan fingerprint density at radius 3 is 2.54 bits per heavy atom. The number of aliphatic hydroxyl groups excluding tert-OH is 1. The summed E-state index contributed by atoms with van der Waals surface area (Å²) in [6.07, 6.45) is 1.66. The quantitative estimate of drug-likeness (QED) is 0.246. The Hall–Kier alpha value is -2.50. The Labute approximate surface area is 219 Å². The fourth-order valence-electron chi connectivity index (χ4n) is 3.54. The fourth-order valence-corrected chi connectivity index (χ4v) is 6.05. The van der Waals surface area contributed by atoms with Crippen LogP contribution in [-0.4, -0.2) is 30.5 Å². The van der Waals surface area contributed by atoms with Crippen LogP contribution in [0.25, 0.3) is 22.0 Å². The predicted molar refractivity (Wildman–Crippen MR) is 140 cm³/mol. The molecular formula is C23H18BrCl2FN4O3S. The Morgan fingerprint density at radius 1 is 1.11 bits per heavy atom. The van der Waals surface area contributed by atoms with Crippen molar-refractivity contribution in [2.24, 2.45) is 0 Å². The number of benzene rings is 2. The molecule has 0 amide bonds. The minimum Gasteiger partial charge on any atom is -0.392 e. The van der Waals surface area contributed by atoms with Crippen molar-refractivity contribution >= 4 is 71.6 Å². The SMILES string of the molecule is CNc1cc2nc(C)c(-c3cc(NS(=O)(=O)c4cc(Cl)cc(CO)c4Cl)c(F)cc3Br)cc2cn1. The maximum absolute atomic E-state index is 14.9. The minimum absolute atomic E-state index is 0.0590. The summed E-state index contributed by atoms with van der Waals surface area (Å²) in [6.45, 7) is 1.29. The summed E-state index contributed by atoms with van der Waals surface area (Å²) in [5.74, 6) is -0.141. The number of pyridine rings is 2. The number of hydrogen-bond donors (Lipinski definition) is 3. The lowest BCUT2D eigenvalue weighted by molar-refractivity contribution is 0.281. The molecule has 0 aliphatic rings. The number of sulfonamides is 1. The van der Waals surface area contributed by atoms with Crippen molar-refractivity contribution in [3.63, 3.8) is 0 Å². The molecule has 7 nitrogen and oxygen atoms in total. The summed E-state index contributed by atoms with van der Waals surface area (Å²) in [5, 5.41) is 13.0. The molecule has 2 heterocycles. The zero-order chi connectivity index (χ0) is 25.5. The van der Waals surface area contributed by atoms with Crippen molar-refractivity contribution in [3.05, 3.63) is 74.2 Å². The zero-order valence-electron chi connectivity index (χ0n) is 18.3. The number of nitrogens with one attached hydrogen (secondary N) is 2. The molecule has 0 aliphatic carbocycles. The Morgan fingerprint density at radius 2 is 1.86 bits per heavy atom. The van der Waals surface area contributed by atoms with Crippen LogP contribution in [0.15, 0.2) is 52.0 Å². The highest BCUT2D eigenvalue weighted by molar-refractivity contribution is 9.10. The van der Waals surface area contributed by atoms with E-state index in [-0.39, 0.29) is 26.2 Å². The molecule has 0 spiro atoms. The van der Waals surface area contributed by atoms with Crippen molar-refractivity contribution in [2.75, 3.05) is 17.1 Å². The molecule has 0 radical (unpaired) electrons. The summed E-state index contributed by atoms with van der Waals surface area (Å²) in [7, 11) is -2.59. The molecule has 0 saturated carbocycles. The van der Waals surface area contributed by atoms with E-state index < -0.39 is 22.4 Å². The number of rotatable bonds is 6. The first-order chi connectivity index (χ1) is 16.5. The van der Waals surface area contributed by atoms with E-state index in [0.717, 1.165) is 23.0 Å². The second kappa shape index (κ2) is 9.87. The third-order valence-corrected chi connectivity index (χ3v) is 8.10. The van der Waals surface area contributed by atoms with Gasteiger partial charge in [-0.15, -0.1) is 0 Å². The summed E-state index contributed by atoms with van der Waals surface area (Å²) in [5.41, 5.74) is 2.38. The van der Waals surface area contributed by atoms with Gasteiger partial charge >= 0.3 is 0 Å². The number of anilines is 2. The van der Waals surface area contributed by atoms with Gasteiger partial charge in [0.2, 0.25) is 0 Å². The van der Waals surface area contributed by atoms with Crippen LogP contribution in [0.1, 0.15) is 11.3 Å². The van der Waals surface area contributed by atoms with E-state index in [9.17, 15) is 17.9 Å². The van der Waals surface area contributed by atoms with Crippen molar-refractivity contribution < 1.29 is 17.9 Å². The molecule has 0 aliphatic heterocycles. The van der Waals surface area contributed by atoms with Gasteiger partial charge in [0, 0.05) is 45.4 Å². The number of hydrogen-bond acceptors (Lipinski definition) is 6. The molecule has 4 rings (SSSR count). The molecule has 2 aromatic carbocycles. The molecule has 0 atom stereocenters. The van der Waals surface area contributed by atoms with Gasteiger partial charge in [0.05, 0.1) is 22.8 Å². The predicted octanol–water partition coefficient (Wildman–Crippen LogP) is 6.15. The third-order valence-electron chi connectivity index (χ3n) is 5.28. The Kier molecular flexibility index (Phi) is 7.21. The van der Waals surface area contributed by atoms with Crippen LogP contribution in [0.5, 0.6) is 0 Å². The van der Waals surface area contributed by atoms with Gasteiger partial charge in [0.25, 0.3) is 10.0 Å². The van der Waals surface area contributed by atoms with E-state index in [0.29, 0.717) is 27.1 Å². The van der Waals surface area contributed by atoms with Crippen LogP contribution in [0.2, 0.25) is 10.0 Å². The Balaban J connectivity index is 1.81. The molecule has 3 N–H and O–H groups in total. The summed E-state index contributed by atoms with van der Waals surface area (Å²) in [6, 6.07) is 8.67. The summed E-state index contributed by atoms with van der Waals surface area (Å²) >= 11 is 15.5.